The zero-order valence-electron chi connectivity index (χ0n) is 20.9. The Balaban J connectivity index is 1.48. The molecule has 4 rings (SSSR count). The standard InChI is InChI=1S/C30H20ClF6NO3/c31-25-14-9-21(20-7-12-23(13-8-20)30(35,36)37)16-24(25)27(39)38-26(28(40)41)15-17-1-3-18(4-2-17)19-5-10-22(11-6-19)29(32,33)34/h1-14,16,26H,15H2,(H,38,39)(H,40,41)/t26-/m0/s1. The summed E-state index contributed by atoms with van der Waals surface area (Å²) in [6.45, 7) is 0. The minimum Gasteiger partial charge on any atom is -0.480 e. The van der Waals surface area contributed by atoms with Crippen LogP contribution in [0.4, 0.5) is 26.3 Å². The van der Waals surface area contributed by atoms with Crippen molar-refractivity contribution in [1.82, 2.24) is 5.32 Å². The first-order chi connectivity index (χ1) is 19.2. The number of alkyl halides is 6. The number of halogens is 7. The Morgan fingerprint density at radius 1 is 0.683 bits per heavy atom. The average Bonchev–Trinajstić information content (AvgIpc) is 2.92. The minimum atomic E-state index is -4.50. The highest BCUT2D eigenvalue weighted by atomic mass is 35.5. The van der Waals surface area contributed by atoms with Crippen molar-refractivity contribution in [2.24, 2.45) is 0 Å². The molecule has 1 atom stereocenters. The predicted molar refractivity (Wildman–Crippen MR) is 141 cm³/mol. The number of hydrogen-bond acceptors (Lipinski definition) is 2. The molecule has 4 nitrogen and oxygen atoms in total. The van der Waals surface area contributed by atoms with Crippen molar-refractivity contribution in [2.45, 2.75) is 24.8 Å². The Morgan fingerprint density at radius 2 is 1.10 bits per heavy atom. The number of hydrogen-bond donors (Lipinski definition) is 2. The van der Waals surface area contributed by atoms with Gasteiger partial charge in [-0.15, -0.1) is 0 Å². The van der Waals surface area contributed by atoms with Gasteiger partial charge in [0, 0.05) is 6.42 Å². The van der Waals surface area contributed by atoms with E-state index in [9.17, 15) is 41.0 Å². The summed E-state index contributed by atoms with van der Waals surface area (Å²) in [5, 5.41) is 12.2. The van der Waals surface area contributed by atoms with E-state index in [4.69, 9.17) is 11.6 Å². The molecule has 0 saturated heterocycles. The second-order valence-corrected chi connectivity index (χ2v) is 9.52. The number of carboxylic acids is 1. The van der Waals surface area contributed by atoms with Gasteiger partial charge in [0.1, 0.15) is 6.04 Å². The van der Waals surface area contributed by atoms with Crippen LogP contribution in [0.2, 0.25) is 5.02 Å². The maximum atomic E-state index is 13.0. The van der Waals surface area contributed by atoms with Gasteiger partial charge in [-0.2, -0.15) is 26.3 Å². The van der Waals surface area contributed by atoms with Gasteiger partial charge in [-0.25, -0.2) is 4.79 Å². The third kappa shape index (κ3) is 7.26. The topological polar surface area (TPSA) is 66.4 Å². The van der Waals surface area contributed by atoms with Gasteiger partial charge in [0.2, 0.25) is 0 Å². The van der Waals surface area contributed by atoms with Crippen molar-refractivity contribution in [3.63, 3.8) is 0 Å². The van der Waals surface area contributed by atoms with Crippen LogP contribution >= 0.6 is 11.6 Å². The summed E-state index contributed by atoms with van der Waals surface area (Å²) in [4.78, 5) is 24.9. The van der Waals surface area contributed by atoms with E-state index >= 15 is 0 Å². The fourth-order valence-electron chi connectivity index (χ4n) is 4.09. The predicted octanol–water partition coefficient (Wildman–Crippen LogP) is 8.14. The molecule has 1 amide bonds. The van der Waals surface area contributed by atoms with Crippen LogP contribution in [0, 0.1) is 0 Å². The molecular weight excluding hydrogens is 572 g/mol. The van der Waals surface area contributed by atoms with Gasteiger partial charge in [0.05, 0.1) is 21.7 Å². The molecule has 0 radical (unpaired) electrons. The minimum absolute atomic E-state index is 0.0168. The van der Waals surface area contributed by atoms with Crippen LogP contribution in [0.5, 0.6) is 0 Å². The average molecular weight is 592 g/mol. The van der Waals surface area contributed by atoms with Gasteiger partial charge >= 0.3 is 18.3 Å². The number of nitrogens with one attached hydrogen (secondary N) is 1. The fourth-order valence-corrected chi connectivity index (χ4v) is 4.29. The molecule has 11 heteroatoms. The first-order valence-corrected chi connectivity index (χ1v) is 12.4. The highest BCUT2D eigenvalue weighted by Crippen LogP contribution is 2.33. The molecule has 0 unspecified atom stereocenters. The highest BCUT2D eigenvalue weighted by molar-refractivity contribution is 6.34. The lowest BCUT2D eigenvalue weighted by Gasteiger charge is -2.16. The van der Waals surface area contributed by atoms with Gasteiger partial charge in [-0.05, 0) is 64.2 Å². The van der Waals surface area contributed by atoms with Crippen molar-refractivity contribution < 1.29 is 41.0 Å². The summed E-state index contributed by atoms with van der Waals surface area (Å²) in [6.07, 6.45) is -9.06. The lowest BCUT2D eigenvalue weighted by atomic mass is 9.99. The maximum Gasteiger partial charge on any atom is 0.416 e. The van der Waals surface area contributed by atoms with E-state index in [0.29, 0.717) is 27.8 Å². The Labute approximate surface area is 235 Å². The number of aliphatic carboxylic acids is 1. The molecule has 0 fully saturated rings. The van der Waals surface area contributed by atoms with E-state index in [2.05, 4.69) is 5.32 Å². The molecule has 0 saturated carbocycles. The number of carboxylic acid groups (broad SMARTS) is 1. The lowest BCUT2D eigenvalue weighted by Crippen LogP contribution is -2.42. The van der Waals surface area contributed by atoms with Crippen molar-refractivity contribution in [3.05, 3.63) is 118 Å². The number of rotatable bonds is 7. The Morgan fingerprint density at radius 3 is 1.54 bits per heavy atom. The Hall–Kier alpha value is -4.31. The molecular formula is C30H20ClF6NO3. The monoisotopic (exact) mass is 591 g/mol. The van der Waals surface area contributed by atoms with Crippen molar-refractivity contribution in [3.8, 4) is 22.3 Å². The summed E-state index contributed by atoms with van der Waals surface area (Å²) in [6, 6.07) is 18.3. The van der Waals surface area contributed by atoms with E-state index in [-0.39, 0.29) is 17.0 Å². The first kappa shape index (κ1) is 29.7. The van der Waals surface area contributed by atoms with E-state index in [1.807, 2.05) is 0 Å². The molecule has 4 aromatic rings. The number of carbonyl (C=O) groups excluding carboxylic acids is 1. The summed E-state index contributed by atoms with van der Waals surface area (Å²) >= 11 is 6.18. The summed E-state index contributed by atoms with van der Waals surface area (Å²) in [7, 11) is 0. The van der Waals surface area contributed by atoms with Crippen LogP contribution in [0.1, 0.15) is 27.0 Å². The summed E-state index contributed by atoms with van der Waals surface area (Å²) in [5.41, 5.74) is 0.824. The van der Waals surface area contributed by atoms with Crippen LogP contribution < -0.4 is 5.32 Å². The van der Waals surface area contributed by atoms with Crippen LogP contribution in [0.15, 0.2) is 91.0 Å². The molecule has 0 heterocycles. The number of carbonyl (C=O) groups is 2. The third-order valence-electron chi connectivity index (χ3n) is 6.30. The fraction of sp³-hybridized carbons (Fsp3) is 0.133. The molecule has 0 aromatic heterocycles. The van der Waals surface area contributed by atoms with Crippen molar-refractivity contribution in [1.29, 1.82) is 0 Å². The number of amides is 1. The molecule has 2 N–H and O–H groups in total. The van der Waals surface area contributed by atoms with Crippen LogP contribution in [0.3, 0.4) is 0 Å². The summed E-state index contributed by atoms with van der Waals surface area (Å²) < 4.78 is 77.1. The second-order valence-electron chi connectivity index (χ2n) is 9.11. The van der Waals surface area contributed by atoms with Gasteiger partial charge in [-0.3, -0.25) is 4.79 Å². The van der Waals surface area contributed by atoms with Crippen LogP contribution in [-0.2, 0) is 23.6 Å². The smallest absolute Gasteiger partial charge is 0.416 e. The van der Waals surface area contributed by atoms with Crippen molar-refractivity contribution >= 4 is 23.5 Å². The van der Waals surface area contributed by atoms with Crippen molar-refractivity contribution in [2.75, 3.05) is 0 Å². The Bertz CT molecular complexity index is 1550. The summed E-state index contributed by atoms with van der Waals surface area (Å²) in [5.74, 6) is -2.11. The SMILES string of the molecule is O=C(N[C@@H](Cc1ccc(-c2ccc(C(F)(F)F)cc2)cc1)C(=O)O)c1cc(-c2ccc(C(F)(F)F)cc2)ccc1Cl. The molecule has 0 spiro atoms. The molecule has 41 heavy (non-hydrogen) atoms. The Kier molecular flexibility index (Phi) is 8.44. The van der Waals surface area contributed by atoms with E-state index < -0.39 is 41.4 Å². The normalized spacial score (nSPS) is 12.6. The van der Waals surface area contributed by atoms with Crippen LogP contribution in [-0.4, -0.2) is 23.0 Å². The molecule has 0 aliphatic carbocycles. The number of benzene rings is 4. The van der Waals surface area contributed by atoms with E-state index in [0.717, 1.165) is 24.3 Å². The second kappa shape index (κ2) is 11.7. The molecule has 0 aliphatic heterocycles. The van der Waals surface area contributed by atoms with E-state index in [1.165, 1.54) is 42.5 Å². The molecule has 212 valence electrons. The largest absolute Gasteiger partial charge is 0.480 e. The zero-order chi connectivity index (χ0) is 29.9. The maximum absolute atomic E-state index is 13.0. The lowest BCUT2D eigenvalue weighted by molar-refractivity contribution is -0.139. The third-order valence-corrected chi connectivity index (χ3v) is 6.63. The van der Waals surface area contributed by atoms with Gasteiger partial charge in [0.15, 0.2) is 0 Å². The van der Waals surface area contributed by atoms with E-state index in [1.54, 1.807) is 24.3 Å². The van der Waals surface area contributed by atoms with Gasteiger partial charge in [0.25, 0.3) is 5.91 Å². The highest BCUT2D eigenvalue weighted by Gasteiger charge is 2.31. The van der Waals surface area contributed by atoms with Gasteiger partial charge < -0.3 is 10.4 Å². The quantitative estimate of drug-likeness (QED) is 0.213. The van der Waals surface area contributed by atoms with Crippen LogP contribution in [0.25, 0.3) is 22.3 Å². The first-order valence-electron chi connectivity index (χ1n) is 12.0. The molecule has 4 aromatic carbocycles. The molecule has 0 aliphatic rings. The molecule has 0 bridgehead atoms. The zero-order valence-corrected chi connectivity index (χ0v) is 21.6. The van der Waals surface area contributed by atoms with Gasteiger partial charge in [-0.1, -0.05) is 66.2 Å².